The Labute approximate surface area is 341 Å². The van der Waals surface area contributed by atoms with Gasteiger partial charge in [-0.2, -0.15) is 8.78 Å². The summed E-state index contributed by atoms with van der Waals surface area (Å²) in [5.41, 5.74) is 3.27. The highest BCUT2D eigenvalue weighted by molar-refractivity contribution is 5.85. The van der Waals surface area contributed by atoms with Gasteiger partial charge in [-0.1, -0.05) is 48.5 Å². The molecule has 4 unspecified atom stereocenters. The smallest absolute Gasteiger partial charge is 0.299 e. The third kappa shape index (κ3) is 9.63. The van der Waals surface area contributed by atoms with Crippen molar-refractivity contribution in [1.82, 2.24) is 0 Å². The highest BCUT2D eigenvalue weighted by atomic mass is 19.3. The number of ether oxygens (including phenoxy) is 8. The molecule has 4 saturated heterocycles. The van der Waals surface area contributed by atoms with Gasteiger partial charge in [0.2, 0.25) is 13.6 Å². The van der Waals surface area contributed by atoms with E-state index in [0.717, 1.165) is 60.4 Å². The number of alkyl halides is 2. The highest BCUT2D eigenvalue weighted by Gasteiger charge is 2.41. The maximum absolute atomic E-state index is 16.8. The summed E-state index contributed by atoms with van der Waals surface area (Å²) >= 11 is 0. The Bertz CT molecular complexity index is 2280. The van der Waals surface area contributed by atoms with Crippen molar-refractivity contribution in [2.45, 2.75) is 68.9 Å². The van der Waals surface area contributed by atoms with Crippen molar-refractivity contribution in [2.75, 3.05) is 40.0 Å². The zero-order valence-electron chi connectivity index (χ0n) is 32.7. The summed E-state index contributed by atoms with van der Waals surface area (Å²) in [7, 11) is 0. The fourth-order valence-electron chi connectivity index (χ4n) is 7.77. The van der Waals surface area contributed by atoms with E-state index in [-0.39, 0.29) is 36.9 Å². The molecule has 4 atom stereocenters. The van der Waals surface area contributed by atoms with Gasteiger partial charge < -0.3 is 37.9 Å². The molecule has 59 heavy (non-hydrogen) atoms. The van der Waals surface area contributed by atoms with Gasteiger partial charge in [0.1, 0.15) is 23.0 Å². The first kappa shape index (κ1) is 38.0. The normalized spacial score (nSPS) is 20.4. The summed E-state index contributed by atoms with van der Waals surface area (Å²) in [6.07, 6.45) is 5.22. The molecule has 8 nitrogen and oxygen atoms in total. The molecule has 10 heteroatoms. The summed E-state index contributed by atoms with van der Waals surface area (Å²) in [5, 5.41) is 4.42. The molecule has 4 heterocycles. The van der Waals surface area contributed by atoms with E-state index in [0.29, 0.717) is 72.4 Å². The van der Waals surface area contributed by atoms with Crippen LogP contribution >= 0.6 is 0 Å². The van der Waals surface area contributed by atoms with E-state index in [1.165, 1.54) is 23.3 Å². The van der Waals surface area contributed by atoms with E-state index in [1.54, 1.807) is 24.3 Å². The molecular weight excluding hydrogens is 755 g/mol. The van der Waals surface area contributed by atoms with Gasteiger partial charge in [0.15, 0.2) is 0 Å². The molecule has 0 amide bonds. The first-order chi connectivity index (χ1) is 28.9. The topological polar surface area (TPSA) is 87.0 Å². The van der Waals surface area contributed by atoms with Gasteiger partial charge in [-0.3, -0.25) is 0 Å². The number of hydrogen-bond acceptors (Lipinski definition) is 8. The Morgan fingerprint density at radius 1 is 0.441 bits per heavy atom. The van der Waals surface area contributed by atoms with Gasteiger partial charge in [-0.05, 0) is 130 Å². The van der Waals surface area contributed by atoms with Crippen molar-refractivity contribution in [2.24, 2.45) is 0 Å². The monoisotopic (exact) mass is 800 g/mol. The van der Waals surface area contributed by atoms with Crippen LogP contribution in [0.5, 0.6) is 23.0 Å². The molecule has 0 bridgehead atoms. The number of rotatable bonds is 20. The van der Waals surface area contributed by atoms with Crippen LogP contribution in [0.15, 0.2) is 109 Å². The molecular formula is C49H46F2O8. The fourth-order valence-corrected chi connectivity index (χ4v) is 7.77. The Morgan fingerprint density at radius 2 is 0.814 bits per heavy atom. The van der Waals surface area contributed by atoms with Crippen molar-refractivity contribution < 1.29 is 46.7 Å². The maximum atomic E-state index is 16.8. The third-order valence-corrected chi connectivity index (χ3v) is 11.5. The molecule has 0 aromatic heterocycles. The lowest BCUT2D eigenvalue weighted by Crippen LogP contribution is -2.21. The van der Waals surface area contributed by atoms with Crippen molar-refractivity contribution in [3.8, 4) is 23.0 Å². The van der Waals surface area contributed by atoms with Gasteiger partial charge >= 0.3 is 0 Å². The second-order valence-corrected chi connectivity index (χ2v) is 16.0. The first-order valence-electron chi connectivity index (χ1n) is 20.6. The average molecular weight is 801 g/mol. The van der Waals surface area contributed by atoms with E-state index >= 15 is 8.78 Å². The Morgan fingerprint density at radius 3 is 1.22 bits per heavy atom. The van der Waals surface area contributed by atoms with Crippen LogP contribution in [0.4, 0.5) is 8.78 Å². The minimum absolute atomic E-state index is 0.0750. The predicted octanol–water partition coefficient (Wildman–Crippen LogP) is 9.51. The van der Waals surface area contributed by atoms with Gasteiger partial charge in [0, 0.05) is 24.0 Å². The fraction of sp³-hybridized carbons (Fsp3) is 0.347. The van der Waals surface area contributed by atoms with Gasteiger partial charge in [0.25, 0.3) is 5.92 Å². The summed E-state index contributed by atoms with van der Waals surface area (Å²) < 4.78 is 79.3. The number of epoxide rings is 4. The SMILES string of the molecule is FC(F)(c1ccc(OCOc2ccc3ccc(CCC4CO4)cc3c2)cc1CC1CO1)c1ccc(OCOc2ccc3ccc(CCC4CO4)cc3c2)cc1CC1CO1. The zero-order valence-corrected chi connectivity index (χ0v) is 32.7. The van der Waals surface area contributed by atoms with Crippen LogP contribution in [0, 0.1) is 0 Å². The molecule has 4 aliphatic rings. The summed E-state index contributed by atoms with van der Waals surface area (Å²) in [5.74, 6) is -1.10. The van der Waals surface area contributed by atoms with Crippen LogP contribution in [0.2, 0.25) is 0 Å². The maximum Gasteiger partial charge on any atom is 0.299 e. The minimum atomic E-state index is -3.32. The second-order valence-electron chi connectivity index (χ2n) is 16.0. The van der Waals surface area contributed by atoms with E-state index in [4.69, 9.17) is 37.9 Å². The largest absolute Gasteiger partial charge is 0.457 e. The Kier molecular flexibility index (Phi) is 10.6. The molecule has 304 valence electrons. The van der Waals surface area contributed by atoms with Crippen LogP contribution < -0.4 is 18.9 Å². The van der Waals surface area contributed by atoms with Crippen molar-refractivity contribution in [3.63, 3.8) is 0 Å². The molecule has 6 aromatic carbocycles. The average Bonchev–Trinajstić information content (AvgIpc) is 4.02. The molecule has 0 aliphatic carbocycles. The molecule has 0 N–H and O–H groups in total. The zero-order chi connectivity index (χ0) is 39.8. The quantitative estimate of drug-likeness (QED) is 0.0558. The second kappa shape index (κ2) is 16.4. The lowest BCUT2D eigenvalue weighted by Gasteiger charge is -2.24. The molecule has 4 aliphatic heterocycles. The number of hydrogen-bond donors (Lipinski definition) is 0. The lowest BCUT2D eigenvalue weighted by atomic mass is 9.89. The molecule has 0 spiro atoms. The Hall–Kier alpha value is -5.26. The molecule has 10 rings (SSSR count). The standard InChI is InChI=1S/C49H46F2O8/c50-49(51,47-15-13-41(21-37(47)23-45-27-54-45)58-29-56-39-11-7-33-5-1-31(17-35(33)19-39)3-9-43-25-52-43)48-16-14-42(22-38(48)24-46-28-55-46)59-30-57-40-12-8-34-6-2-32(18-36(34)20-40)4-10-44-26-53-44/h1-2,5-8,11-22,43-46H,3-4,9-10,23-30H2. The number of aryl methyl sites for hydroxylation is 2. The van der Waals surface area contributed by atoms with E-state index < -0.39 is 5.92 Å². The minimum Gasteiger partial charge on any atom is -0.457 e. The van der Waals surface area contributed by atoms with Gasteiger partial charge in [-0.15, -0.1) is 0 Å². The predicted molar refractivity (Wildman–Crippen MR) is 219 cm³/mol. The molecule has 0 saturated carbocycles. The molecule has 6 aromatic rings. The Balaban J connectivity index is 0.809. The van der Waals surface area contributed by atoms with Gasteiger partial charge in [-0.25, -0.2) is 0 Å². The summed E-state index contributed by atoms with van der Waals surface area (Å²) in [6.45, 7) is 2.63. The first-order valence-corrected chi connectivity index (χ1v) is 20.6. The summed E-state index contributed by atoms with van der Waals surface area (Å²) in [6, 6.07) is 34.2. The van der Waals surface area contributed by atoms with E-state index in [1.807, 2.05) is 36.4 Å². The molecule has 0 radical (unpaired) electrons. The highest BCUT2D eigenvalue weighted by Crippen LogP contribution is 2.43. The molecule has 4 fully saturated rings. The van der Waals surface area contributed by atoms with Crippen LogP contribution in [0.1, 0.15) is 46.2 Å². The van der Waals surface area contributed by atoms with Gasteiger partial charge in [0.05, 0.1) is 50.8 Å². The number of halogens is 2. The van der Waals surface area contributed by atoms with Crippen molar-refractivity contribution in [1.29, 1.82) is 0 Å². The van der Waals surface area contributed by atoms with E-state index in [2.05, 4.69) is 36.4 Å². The van der Waals surface area contributed by atoms with Crippen LogP contribution in [-0.4, -0.2) is 64.4 Å². The van der Waals surface area contributed by atoms with Crippen LogP contribution in [-0.2, 0) is 50.6 Å². The third-order valence-electron chi connectivity index (χ3n) is 11.5. The van der Waals surface area contributed by atoms with Crippen LogP contribution in [0.3, 0.4) is 0 Å². The number of benzene rings is 6. The summed E-state index contributed by atoms with van der Waals surface area (Å²) in [4.78, 5) is 0. The lowest BCUT2D eigenvalue weighted by molar-refractivity contribution is 0.0404. The number of fused-ring (bicyclic) bond motifs is 2. The van der Waals surface area contributed by atoms with Crippen molar-refractivity contribution >= 4 is 21.5 Å². The van der Waals surface area contributed by atoms with Crippen LogP contribution in [0.25, 0.3) is 21.5 Å². The van der Waals surface area contributed by atoms with E-state index in [9.17, 15) is 0 Å². The van der Waals surface area contributed by atoms with Crippen molar-refractivity contribution in [3.05, 3.63) is 143 Å².